The van der Waals surface area contributed by atoms with Gasteiger partial charge in [-0.2, -0.15) is 28.6 Å². The number of rotatable bonds is 10. The number of benzene rings is 3. The van der Waals surface area contributed by atoms with Crippen molar-refractivity contribution in [2.24, 2.45) is 10.2 Å². The number of aryl methyl sites for hydroxylation is 1. The van der Waals surface area contributed by atoms with E-state index >= 15 is 0 Å². The number of nitriles is 1. The van der Waals surface area contributed by atoms with Crippen LogP contribution in [0.1, 0.15) is 18.9 Å². The molecule has 15 nitrogen and oxygen atoms in total. The molecule has 0 aliphatic carbocycles. The third-order valence-corrected chi connectivity index (χ3v) is 8.97. The van der Waals surface area contributed by atoms with Gasteiger partial charge in [-0.3, -0.25) is 9.87 Å². The number of aromatic nitrogens is 3. The molecule has 224 valence electrons. The first kappa shape index (κ1) is 31.3. The van der Waals surface area contributed by atoms with Gasteiger partial charge in [0.1, 0.15) is 22.0 Å². The third kappa shape index (κ3) is 6.73. The molecule has 0 spiro atoms. The Bertz CT molecular complexity index is 2030. The lowest BCUT2D eigenvalue weighted by Gasteiger charge is -2.15. The number of hydrogen-bond donors (Lipinski definition) is 4. The molecule has 0 atom stereocenters. The van der Waals surface area contributed by atoms with Crippen molar-refractivity contribution in [3.63, 3.8) is 0 Å². The maximum absolute atomic E-state index is 12.6. The quantitative estimate of drug-likeness (QED) is 0.0753. The monoisotopic (exact) mass is 646 g/mol. The molecule has 0 saturated carbocycles. The average Bonchev–Trinajstić information content (AvgIpc) is 2.91. The molecule has 1 heterocycles. The lowest BCUT2D eigenvalue weighted by atomic mass is 10.0. The van der Waals surface area contributed by atoms with E-state index in [0.29, 0.717) is 6.42 Å². The fourth-order valence-electron chi connectivity index (χ4n) is 4.12. The first-order valence-electron chi connectivity index (χ1n) is 12.2. The molecule has 1 aromatic heterocycles. The number of azo groups is 1. The highest BCUT2D eigenvalue weighted by atomic mass is 35.5. The Morgan fingerprint density at radius 2 is 1.77 bits per heavy atom. The van der Waals surface area contributed by atoms with Gasteiger partial charge in [0.2, 0.25) is 17.2 Å². The summed E-state index contributed by atoms with van der Waals surface area (Å²) in [4.78, 5) is 10.9. The van der Waals surface area contributed by atoms with Crippen molar-refractivity contribution in [1.29, 1.82) is 5.26 Å². The van der Waals surface area contributed by atoms with E-state index in [9.17, 15) is 26.5 Å². The van der Waals surface area contributed by atoms with Crippen molar-refractivity contribution in [3.05, 3.63) is 47.2 Å². The molecule has 0 unspecified atom stereocenters. The molecule has 43 heavy (non-hydrogen) atoms. The van der Waals surface area contributed by atoms with Crippen LogP contribution >= 0.6 is 11.6 Å². The molecule has 18 heteroatoms. The summed E-state index contributed by atoms with van der Waals surface area (Å²) in [6, 6.07) is 8.10. The van der Waals surface area contributed by atoms with Gasteiger partial charge < -0.3 is 15.2 Å². The summed E-state index contributed by atoms with van der Waals surface area (Å²) < 4.78 is 65.6. The van der Waals surface area contributed by atoms with Crippen LogP contribution in [0.5, 0.6) is 11.5 Å². The second-order valence-electron chi connectivity index (χ2n) is 8.87. The first-order valence-corrected chi connectivity index (χ1v) is 15.7. The van der Waals surface area contributed by atoms with Crippen molar-refractivity contribution < 1.29 is 31.2 Å². The summed E-state index contributed by atoms with van der Waals surface area (Å²) in [6.07, 6.45) is 2.04. The van der Waals surface area contributed by atoms with Gasteiger partial charge in [0, 0.05) is 10.8 Å². The lowest BCUT2D eigenvalue weighted by Crippen LogP contribution is -2.08. The zero-order valence-corrected chi connectivity index (χ0v) is 25.1. The van der Waals surface area contributed by atoms with Crippen LogP contribution in [0.25, 0.3) is 10.8 Å². The number of nitrogens with one attached hydrogen (secondary N) is 2. The number of sulfone groups is 1. The number of aromatic hydroxyl groups is 1. The molecule has 4 aromatic rings. The topological polar surface area (TPSA) is 229 Å². The Morgan fingerprint density at radius 3 is 2.42 bits per heavy atom. The van der Waals surface area contributed by atoms with Crippen LogP contribution < -0.4 is 15.4 Å². The van der Waals surface area contributed by atoms with Gasteiger partial charge in [0.15, 0.2) is 21.8 Å². The number of phenolic OH excluding ortho intramolecular Hbond substituents is 1. The Balaban J connectivity index is 1.84. The number of hydrogen-bond acceptors (Lipinski definition) is 14. The van der Waals surface area contributed by atoms with Gasteiger partial charge in [0.25, 0.3) is 10.1 Å². The zero-order valence-electron chi connectivity index (χ0n) is 22.7. The van der Waals surface area contributed by atoms with Crippen LogP contribution in [0.2, 0.25) is 5.28 Å². The first-order chi connectivity index (χ1) is 20.3. The molecule has 0 saturated heterocycles. The van der Waals surface area contributed by atoms with Crippen molar-refractivity contribution in [1.82, 2.24) is 15.0 Å². The van der Waals surface area contributed by atoms with Crippen LogP contribution in [0.4, 0.5) is 29.0 Å². The van der Waals surface area contributed by atoms with Crippen molar-refractivity contribution in [2.45, 2.75) is 30.1 Å². The van der Waals surface area contributed by atoms with Crippen LogP contribution in [-0.2, 0) is 20.0 Å². The van der Waals surface area contributed by atoms with E-state index in [1.807, 2.05) is 0 Å². The predicted octanol–water partition coefficient (Wildman–Crippen LogP) is 5.18. The van der Waals surface area contributed by atoms with E-state index < -0.39 is 30.6 Å². The Kier molecular flexibility index (Phi) is 8.96. The fourth-order valence-corrected chi connectivity index (χ4v) is 6.46. The molecule has 4 N–H and O–H groups in total. The summed E-state index contributed by atoms with van der Waals surface area (Å²) >= 11 is 5.86. The van der Waals surface area contributed by atoms with E-state index in [2.05, 4.69) is 35.8 Å². The number of halogens is 1. The maximum atomic E-state index is 12.6. The van der Waals surface area contributed by atoms with Crippen molar-refractivity contribution >= 4 is 71.3 Å². The minimum absolute atomic E-state index is 0.00974. The predicted molar refractivity (Wildman–Crippen MR) is 157 cm³/mol. The molecule has 0 amide bonds. The number of anilines is 3. The van der Waals surface area contributed by atoms with E-state index in [1.165, 1.54) is 50.4 Å². The second-order valence-corrected chi connectivity index (χ2v) is 12.7. The van der Waals surface area contributed by atoms with Gasteiger partial charge in [-0.1, -0.05) is 6.92 Å². The molecule has 0 radical (unpaired) electrons. The van der Waals surface area contributed by atoms with E-state index in [-0.39, 0.29) is 67.0 Å². The molecular formula is C25H23ClN8O7S2. The second kappa shape index (κ2) is 12.3. The highest BCUT2D eigenvalue weighted by Crippen LogP contribution is 2.44. The number of ether oxygens (including phenoxy) is 1. The molecule has 0 aliphatic heterocycles. The minimum Gasteiger partial charge on any atom is -0.505 e. The van der Waals surface area contributed by atoms with E-state index in [4.69, 9.17) is 21.6 Å². The molecule has 0 fully saturated rings. The summed E-state index contributed by atoms with van der Waals surface area (Å²) in [7, 11) is -7.11. The van der Waals surface area contributed by atoms with Crippen LogP contribution in [0.3, 0.4) is 0 Å². The van der Waals surface area contributed by atoms with E-state index in [1.54, 1.807) is 13.1 Å². The molecule has 0 bridgehead atoms. The van der Waals surface area contributed by atoms with Crippen molar-refractivity contribution in [3.8, 4) is 17.7 Å². The average molecular weight is 647 g/mol. The summed E-state index contributed by atoms with van der Waals surface area (Å²) in [5.74, 6) is -0.759. The molecule has 4 rings (SSSR count). The highest BCUT2D eigenvalue weighted by molar-refractivity contribution is 7.91. The zero-order chi connectivity index (χ0) is 31.5. The third-order valence-electron chi connectivity index (χ3n) is 5.93. The maximum Gasteiger partial charge on any atom is 0.297 e. The largest absolute Gasteiger partial charge is 0.505 e. The van der Waals surface area contributed by atoms with Gasteiger partial charge in [0.05, 0.1) is 23.4 Å². The van der Waals surface area contributed by atoms with Crippen LogP contribution in [0, 0.1) is 18.4 Å². The number of nitrogens with zero attached hydrogens (tertiary/aromatic N) is 6. The van der Waals surface area contributed by atoms with Gasteiger partial charge >= 0.3 is 0 Å². The SMILES string of the molecule is CCCS(=O)(=O)c1ccc(OC)c(N=Nc2c(C)cc3c(S(=O)(=O)O)c(Nc4nc(Cl)nc(NC#N)n4)ccc3c2O)c1. The van der Waals surface area contributed by atoms with Crippen LogP contribution in [0.15, 0.2) is 56.4 Å². The molecule has 0 aliphatic rings. The number of phenols is 1. The number of methoxy groups -OCH3 is 1. The summed E-state index contributed by atoms with van der Waals surface area (Å²) in [5, 5.41) is 32.6. The molecular weight excluding hydrogens is 624 g/mol. The fraction of sp³-hybridized carbons (Fsp3) is 0.200. The Hall–Kier alpha value is -4.63. The standard InChI is InChI=1S/C25H23ClN8O7S2/c1-4-9-42(36,37)14-5-8-19(41-3)18(11-14)33-34-20-13(2)10-16-15(21(20)35)6-7-17(22(16)43(38,39)40)29-25-31-23(26)30-24(32-25)28-12-27/h5-8,10-11,35H,4,9H2,1-3H3,(H,38,39,40)(H2,28,29,30,31,32). The van der Waals surface area contributed by atoms with E-state index in [0.717, 1.165) is 0 Å². The Labute approximate surface area is 250 Å². The van der Waals surface area contributed by atoms with Gasteiger partial charge in [-0.25, -0.2) is 8.42 Å². The smallest absolute Gasteiger partial charge is 0.297 e. The van der Waals surface area contributed by atoms with Gasteiger partial charge in [-0.05, 0) is 66.9 Å². The van der Waals surface area contributed by atoms with Crippen molar-refractivity contribution in [2.75, 3.05) is 23.5 Å². The normalized spacial score (nSPS) is 11.9. The number of fused-ring (bicyclic) bond motifs is 1. The highest BCUT2D eigenvalue weighted by Gasteiger charge is 2.24. The Morgan fingerprint density at radius 1 is 1.05 bits per heavy atom. The molecule has 3 aromatic carbocycles. The minimum atomic E-state index is -4.92. The summed E-state index contributed by atoms with van der Waals surface area (Å²) in [5.41, 5.74) is 0.115. The van der Waals surface area contributed by atoms with Crippen LogP contribution in [-0.4, -0.2) is 54.3 Å². The lowest BCUT2D eigenvalue weighted by molar-refractivity contribution is 0.415. The van der Waals surface area contributed by atoms with Gasteiger partial charge in [-0.15, -0.1) is 10.2 Å². The summed E-state index contributed by atoms with van der Waals surface area (Å²) in [6.45, 7) is 3.26.